The topological polar surface area (TPSA) is 42.7 Å². The van der Waals surface area contributed by atoms with E-state index in [0.29, 0.717) is 5.92 Å². The summed E-state index contributed by atoms with van der Waals surface area (Å²) >= 11 is 3.66. The Balaban J connectivity index is 1.68. The average Bonchev–Trinajstić information content (AvgIpc) is 3.22. The van der Waals surface area contributed by atoms with E-state index in [1.165, 1.54) is 22.9 Å². The molecule has 0 amide bonds. The molecule has 0 bridgehead atoms. The van der Waals surface area contributed by atoms with E-state index in [2.05, 4.69) is 55.6 Å². The third kappa shape index (κ3) is 4.14. The second-order valence-corrected chi connectivity index (χ2v) is 6.70. The molecule has 1 fully saturated rings. The van der Waals surface area contributed by atoms with Crippen molar-refractivity contribution in [3.8, 4) is 0 Å². The van der Waals surface area contributed by atoms with Gasteiger partial charge in [0.2, 0.25) is 0 Å². The van der Waals surface area contributed by atoms with Gasteiger partial charge in [0.05, 0.1) is 0 Å². The predicted octanol–water partition coefficient (Wildman–Crippen LogP) is 2.73. The molecule has 0 aliphatic heterocycles. The van der Waals surface area contributed by atoms with Crippen LogP contribution in [0.1, 0.15) is 24.2 Å². The summed E-state index contributed by atoms with van der Waals surface area (Å²) in [6, 6.07) is 9.22. The van der Waals surface area contributed by atoms with E-state index in [1.807, 2.05) is 11.7 Å². The van der Waals surface area contributed by atoms with Gasteiger partial charge in [-0.1, -0.05) is 34.1 Å². The highest BCUT2D eigenvalue weighted by molar-refractivity contribution is 9.10. The van der Waals surface area contributed by atoms with Crippen molar-refractivity contribution in [2.75, 3.05) is 6.54 Å². The van der Waals surface area contributed by atoms with Crippen LogP contribution in [0.2, 0.25) is 0 Å². The molecule has 1 unspecified atom stereocenters. The summed E-state index contributed by atoms with van der Waals surface area (Å²) in [7, 11) is 1.96. The van der Waals surface area contributed by atoms with Crippen LogP contribution in [-0.4, -0.2) is 27.4 Å². The van der Waals surface area contributed by atoms with Crippen LogP contribution in [0.3, 0.4) is 0 Å². The SMILES string of the molecule is Cn1ncnc1CC(CNC1CC1)Cc1ccccc1Br. The normalized spacial score (nSPS) is 16.1. The van der Waals surface area contributed by atoms with Crippen LogP contribution in [-0.2, 0) is 19.9 Å². The van der Waals surface area contributed by atoms with Gasteiger partial charge in [0.15, 0.2) is 0 Å². The quantitative estimate of drug-likeness (QED) is 0.836. The Morgan fingerprint density at radius 3 is 2.81 bits per heavy atom. The fourth-order valence-electron chi connectivity index (χ4n) is 2.58. The molecule has 5 heteroatoms. The minimum Gasteiger partial charge on any atom is -0.314 e. The summed E-state index contributed by atoms with van der Waals surface area (Å²) in [6.07, 6.45) is 6.29. The van der Waals surface area contributed by atoms with Gasteiger partial charge in [-0.15, -0.1) is 0 Å². The lowest BCUT2D eigenvalue weighted by Gasteiger charge is -2.18. The minimum absolute atomic E-state index is 0.534. The Hall–Kier alpha value is -1.20. The van der Waals surface area contributed by atoms with Gasteiger partial charge < -0.3 is 5.32 Å². The van der Waals surface area contributed by atoms with Gasteiger partial charge in [-0.2, -0.15) is 5.10 Å². The molecule has 1 heterocycles. The molecule has 2 aromatic rings. The molecule has 112 valence electrons. The van der Waals surface area contributed by atoms with Crippen LogP contribution in [0.25, 0.3) is 0 Å². The first kappa shape index (κ1) is 14.7. The molecule has 1 aromatic heterocycles. The number of rotatable bonds is 7. The van der Waals surface area contributed by atoms with Crippen LogP contribution in [0.5, 0.6) is 0 Å². The Kier molecular flexibility index (Phi) is 4.70. The fourth-order valence-corrected chi connectivity index (χ4v) is 3.02. The van der Waals surface area contributed by atoms with Crippen molar-refractivity contribution in [2.24, 2.45) is 13.0 Å². The maximum atomic E-state index is 4.37. The van der Waals surface area contributed by atoms with Crippen LogP contribution < -0.4 is 5.32 Å². The van der Waals surface area contributed by atoms with Crippen LogP contribution in [0.15, 0.2) is 35.1 Å². The van der Waals surface area contributed by atoms with Gasteiger partial charge in [0, 0.05) is 24.0 Å². The third-order valence-electron chi connectivity index (χ3n) is 4.02. The summed E-state index contributed by atoms with van der Waals surface area (Å²) in [5.74, 6) is 1.59. The molecule has 1 aliphatic carbocycles. The summed E-state index contributed by atoms with van der Waals surface area (Å²) in [5.41, 5.74) is 1.36. The largest absolute Gasteiger partial charge is 0.314 e. The van der Waals surface area contributed by atoms with Crippen molar-refractivity contribution in [2.45, 2.75) is 31.7 Å². The molecule has 1 atom stereocenters. The summed E-state index contributed by atoms with van der Waals surface area (Å²) in [5, 5.41) is 7.83. The van der Waals surface area contributed by atoms with E-state index in [0.717, 1.165) is 31.3 Å². The fraction of sp³-hybridized carbons (Fsp3) is 0.500. The monoisotopic (exact) mass is 348 g/mol. The molecular weight excluding hydrogens is 328 g/mol. The highest BCUT2D eigenvalue weighted by atomic mass is 79.9. The number of aryl methyl sites for hydroxylation is 1. The van der Waals surface area contributed by atoms with E-state index >= 15 is 0 Å². The second kappa shape index (κ2) is 6.71. The average molecular weight is 349 g/mol. The molecule has 3 rings (SSSR count). The molecule has 1 saturated carbocycles. The predicted molar refractivity (Wildman–Crippen MR) is 87.1 cm³/mol. The Morgan fingerprint density at radius 2 is 2.14 bits per heavy atom. The molecule has 0 saturated heterocycles. The van der Waals surface area contributed by atoms with Gasteiger partial charge in [0.25, 0.3) is 0 Å². The lowest BCUT2D eigenvalue weighted by molar-refractivity contribution is 0.451. The Morgan fingerprint density at radius 1 is 1.33 bits per heavy atom. The maximum Gasteiger partial charge on any atom is 0.138 e. The van der Waals surface area contributed by atoms with E-state index < -0.39 is 0 Å². The number of hydrogen-bond acceptors (Lipinski definition) is 3. The van der Waals surface area contributed by atoms with Gasteiger partial charge in [-0.3, -0.25) is 4.68 Å². The highest BCUT2D eigenvalue weighted by Crippen LogP contribution is 2.23. The summed E-state index contributed by atoms with van der Waals surface area (Å²) < 4.78 is 3.07. The molecular formula is C16H21BrN4. The molecule has 0 spiro atoms. The van der Waals surface area contributed by atoms with E-state index in [4.69, 9.17) is 0 Å². The van der Waals surface area contributed by atoms with Gasteiger partial charge in [0.1, 0.15) is 12.2 Å². The number of nitrogens with one attached hydrogen (secondary N) is 1. The maximum absolute atomic E-state index is 4.37. The van der Waals surface area contributed by atoms with E-state index in [9.17, 15) is 0 Å². The highest BCUT2D eigenvalue weighted by Gasteiger charge is 2.23. The number of benzene rings is 1. The van der Waals surface area contributed by atoms with Crippen LogP contribution >= 0.6 is 15.9 Å². The van der Waals surface area contributed by atoms with Crippen molar-refractivity contribution in [3.63, 3.8) is 0 Å². The second-order valence-electron chi connectivity index (χ2n) is 5.85. The van der Waals surface area contributed by atoms with Crippen LogP contribution in [0.4, 0.5) is 0 Å². The van der Waals surface area contributed by atoms with Gasteiger partial charge in [-0.05, 0) is 43.4 Å². The first-order chi connectivity index (χ1) is 10.2. The molecule has 1 N–H and O–H groups in total. The van der Waals surface area contributed by atoms with E-state index in [1.54, 1.807) is 6.33 Å². The minimum atomic E-state index is 0.534. The molecule has 1 aliphatic rings. The smallest absolute Gasteiger partial charge is 0.138 e. The zero-order chi connectivity index (χ0) is 14.7. The number of nitrogens with zero attached hydrogens (tertiary/aromatic N) is 3. The van der Waals surface area contributed by atoms with Crippen LogP contribution in [0, 0.1) is 5.92 Å². The van der Waals surface area contributed by atoms with Crippen molar-refractivity contribution >= 4 is 15.9 Å². The number of aromatic nitrogens is 3. The Labute approximate surface area is 134 Å². The first-order valence-corrected chi connectivity index (χ1v) is 8.31. The molecule has 21 heavy (non-hydrogen) atoms. The standard InChI is InChI=1S/C16H21BrN4/c1-21-16(19-11-20-21)9-12(10-18-14-6-7-14)8-13-4-2-3-5-15(13)17/h2-5,11-12,14,18H,6-10H2,1H3. The lowest BCUT2D eigenvalue weighted by Crippen LogP contribution is -2.28. The number of hydrogen-bond donors (Lipinski definition) is 1. The molecule has 0 radical (unpaired) electrons. The molecule has 4 nitrogen and oxygen atoms in total. The summed E-state index contributed by atoms with van der Waals surface area (Å²) in [6.45, 7) is 1.04. The summed E-state index contributed by atoms with van der Waals surface area (Å²) in [4.78, 5) is 4.37. The van der Waals surface area contributed by atoms with Crippen molar-refractivity contribution in [1.82, 2.24) is 20.1 Å². The zero-order valence-corrected chi connectivity index (χ0v) is 13.9. The zero-order valence-electron chi connectivity index (χ0n) is 12.3. The Bertz CT molecular complexity index is 591. The van der Waals surface area contributed by atoms with Crippen molar-refractivity contribution in [1.29, 1.82) is 0 Å². The first-order valence-electron chi connectivity index (χ1n) is 7.52. The third-order valence-corrected chi connectivity index (χ3v) is 4.79. The van der Waals surface area contributed by atoms with Gasteiger partial charge >= 0.3 is 0 Å². The lowest BCUT2D eigenvalue weighted by atomic mass is 9.95. The van der Waals surface area contributed by atoms with Gasteiger partial charge in [-0.25, -0.2) is 4.98 Å². The van der Waals surface area contributed by atoms with Crippen molar-refractivity contribution < 1.29 is 0 Å². The molecule has 1 aromatic carbocycles. The van der Waals surface area contributed by atoms with E-state index in [-0.39, 0.29) is 0 Å². The van der Waals surface area contributed by atoms with Crippen molar-refractivity contribution in [3.05, 3.63) is 46.5 Å². The number of halogens is 1.